The molecular formula is C30H26Cl3N3O5S. The summed E-state index contributed by atoms with van der Waals surface area (Å²) in [5.74, 6) is 0.384. The molecule has 0 spiro atoms. The Balaban J connectivity index is 1.45. The Labute approximate surface area is 259 Å². The van der Waals surface area contributed by atoms with Gasteiger partial charge >= 0.3 is 0 Å². The molecule has 12 heteroatoms. The highest BCUT2D eigenvalue weighted by atomic mass is 35.5. The second-order valence-electron chi connectivity index (χ2n) is 8.95. The predicted octanol–water partition coefficient (Wildman–Crippen LogP) is 6.58. The number of nitrogens with zero attached hydrogens (tertiary/aromatic N) is 2. The first-order chi connectivity index (χ1) is 20.2. The summed E-state index contributed by atoms with van der Waals surface area (Å²) in [7, 11) is -2.57. The van der Waals surface area contributed by atoms with Crippen LogP contribution in [-0.2, 0) is 28.0 Å². The third kappa shape index (κ3) is 8.47. The van der Waals surface area contributed by atoms with Crippen LogP contribution in [0.5, 0.6) is 11.5 Å². The van der Waals surface area contributed by atoms with Crippen LogP contribution in [0.3, 0.4) is 0 Å². The number of hydrazone groups is 1. The number of sulfonamides is 1. The van der Waals surface area contributed by atoms with Crippen molar-refractivity contribution in [2.24, 2.45) is 5.10 Å². The Bertz CT molecular complexity index is 1670. The van der Waals surface area contributed by atoms with Crippen molar-refractivity contribution in [2.75, 3.05) is 13.7 Å². The van der Waals surface area contributed by atoms with Gasteiger partial charge < -0.3 is 9.47 Å². The van der Waals surface area contributed by atoms with Crippen molar-refractivity contribution in [1.82, 2.24) is 9.73 Å². The molecule has 8 nitrogen and oxygen atoms in total. The van der Waals surface area contributed by atoms with Crippen molar-refractivity contribution in [3.8, 4) is 11.5 Å². The molecule has 0 saturated carbocycles. The Morgan fingerprint density at radius 1 is 0.881 bits per heavy atom. The van der Waals surface area contributed by atoms with Crippen LogP contribution in [0.15, 0.2) is 101 Å². The number of nitrogens with one attached hydrogen (secondary N) is 1. The van der Waals surface area contributed by atoms with Crippen LogP contribution in [0.4, 0.5) is 0 Å². The minimum Gasteiger partial charge on any atom is -0.493 e. The first kappa shape index (κ1) is 31.3. The third-order valence-corrected chi connectivity index (χ3v) is 8.74. The van der Waals surface area contributed by atoms with Gasteiger partial charge in [-0.25, -0.2) is 13.8 Å². The molecule has 0 unspecified atom stereocenters. The van der Waals surface area contributed by atoms with Crippen LogP contribution >= 0.6 is 34.8 Å². The van der Waals surface area contributed by atoms with Crippen LogP contribution in [0, 0.1) is 0 Å². The van der Waals surface area contributed by atoms with E-state index in [0.29, 0.717) is 39.3 Å². The number of ether oxygens (including phenoxy) is 2. The van der Waals surface area contributed by atoms with Crippen molar-refractivity contribution in [2.45, 2.75) is 18.0 Å². The van der Waals surface area contributed by atoms with Gasteiger partial charge in [0.1, 0.15) is 6.61 Å². The van der Waals surface area contributed by atoms with Crippen LogP contribution in [0.2, 0.25) is 15.1 Å². The topological polar surface area (TPSA) is 97.3 Å². The standard InChI is InChI=1S/C30H26Cl3N3O5S/c1-40-29-16-22(8-14-28(29)41-20-21-5-3-2-4-6-21)17-34-35-30(37)19-36(18-23-7-13-26(32)27(33)15-23)42(38,39)25-11-9-24(31)10-12-25/h2-17H,18-20H2,1H3,(H,35,37)/b34-17-. The first-order valence-electron chi connectivity index (χ1n) is 12.5. The number of halogens is 3. The van der Waals surface area contributed by atoms with Crippen LogP contribution in [0.1, 0.15) is 16.7 Å². The Morgan fingerprint density at radius 3 is 2.31 bits per heavy atom. The lowest BCUT2D eigenvalue weighted by molar-refractivity contribution is -0.121. The molecule has 4 aromatic rings. The maximum absolute atomic E-state index is 13.5. The molecule has 4 rings (SSSR count). The highest BCUT2D eigenvalue weighted by Gasteiger charge is 2.27. The first-order valence-corrected chi connectivity index (χ1v) is 15.1. The Morgan fingerprint density at radius 2 is 1.62 bits per heavy atom. The maximum Gasteiger partial charge on any atom is 0.255 e. The molecular weight excluding hydrogens is 621 g/mol. The van der Waals surface area contributed by atoms with Gasteiger partial charge in [-0.3, -0.25) is 4.79 Å². The van der Waals surface area contributed by atoms with Crippen molar-refractivity contribution in [1.29, 1.82) is 0 Å². The van der Waals surface area contributed by atoms with Crippen molar-refractivity contribution in [3.63, 3.8) is 0 Å². The molecule has 0 aliphatic rings. The zero-order valence-corrected chi connectivity index (χ0v) is 25.4. The highest BCUT2D eigenvalue weighted by molar-refractivity contribution is 7.89. The van der Waals surface area contributed by atoms with E-state index in [4.69, 9.17) is 44.3 Å². The van der Waals surface area contributed by atoms with E-state index in [1.54, 1.807) is 36.4 Å². The van der Waals surface area contributed by atoms with Gasteiger partial charge in [0.05, 0.1) is 34.8 Å². The summed E-state index contributed by atoms with van der Waals surface area (Å²) < 4.78 is 39.2. The molecule has 0 radical (unpaired) electrons. The Hall–Kier alpha value is -3.60. The highest BCUT2D eigenvalue weighted by Crippen LogP contribution is 2.29. The van der Waals surface area contributed by atoms with E-state index in [1.165, 1.54) is 37.6 Å². The quantitative estimate of drug-likeness (QED) is 0.139. The summed E-state index contributed by atoms with van der Waals surface area (Å²) in [6, 6.07) is 25.3. The number of hydrogen-bond acceptors (Lipinski definition) is 6. The number of benzene rings is 4. The average molecular weight is 647 g/mol. The normalized spacial score (nSPS) is 11.5. The van der Waals surface area contributed by atoms with E-state index >= 15 is 0 Å². The van der Waals surface area contributed by atoms with Gasteiger partial charge in [0, 0.05) is 11.6 Å². The predicted molar refractivity (Wildman–Crippen MR) is 165 cm³/mol. The van der Waals surface area contributed by atoms with E-state index in [9.17, 15) is 13.2 Å². The monoisotopic (exact) mass is 645 g/mol. The average Bonchev–Trinajstić information content (AvgIpc) is 2.98. The number of methoxy groups -OCH3 is 1. The largest absolute Gasteiger partial charge is 0.493 e. The summed E-state index contributed by atoms with van der Waals surface area (Å²) in [6.07, 6.45) is 1.42. The van der Waals surface area contributed by atoms with Gasteiger partial charge in [-0.05, 0) is 71.3 Å². The number of hydrogen-bond donors (Lipinski definition) is 1. The smallest absolute Gasteiger partial charge is 0.255 e. The van der Waals surface area contributed by atoms with Gasteiger partial charge in [-0.1, -0.05) is 71.2 Å². The zero-order chi connectivity index (χ0) is 30.1. The number of carbonyl (C=O) groups excluding carboxylic acids is 1. The van der Waals surface area contributed by atoms with E-state index in [2.05, 4.69) is 10.5 Å². The molecule has 0 aliphatic heterocycles. The molecule has 0 fully saturated rings. The van der Waals surface area contributed by atoms with Gasteiger partial charge in [-0.15, -0.1) is 0 Å². The molecule has 0 saturated heterocycles. The van der Waals surface area contributed by atoms with Crippen molar-refractivity contribution in [3.05, 3.63) is 123 Å². The molecule has 0 bridgehead atoms. The molecule has 1 N–H and O–H groups in total. The van der Waals surface area contributed by atoms with Crippen molar-refractivity contribution >= 4 is 56.9 Å². The summed E-state index contributed by atoms with van der Waals surface area (Å²) in [5.41, 5.74) is 4.56. The minimum atomic E-state index is -4.10. The SMILES string of the molecule is COc1cc(/C=N\NC(=O)CN(Cc2ccc(Cl)c(Cl)c2)S(=O)(=O)c2ccc(Cl)cc2)ccc1OCc1ccccc1. The second-order valence-corrected chi connectivity index (χ2v) is 12.1. The lowest BCUT2D eigenvalue weighted by Gasteiger charge is -2.22. The summed E-state index contributed by atoms with van der Waals surface area (Å²) in [5, 5.41) is 4.96. The third-order valence-electron chi connectivity index (χ3n) is 5.94. The fourth-order valence-electron chi connectivity index (χ4n) is 3.82. The van der Waals surface area contributed by atoms with Gasteiger partial charge in [0.25, 0.3) is 5.91 Å². The van der Waals surface area contributed by atoms with Crippen LogP contribution in [-0.4, -0.2) is 38.5 Å². The molecule has 4 aromatic carbocycles. The van der Waals surface area contributed by atoms with Gasteiger partial charge in [0.2, 0.25) is 10.0 Å². The minimum absolute atomic E-state index is 0.0232. The van der Waals surface area contributed by atoms with E-state index in [0.717, 1.165) is 9.87 Å². The van der Waals surface area contributed by atoms with Gasteiger partial charge in [0.15, 0.2) is 11.5 Å². The maximum atomic E-state index is 13.5. The fourth-order valence-corrected chi connectivity index (χ4v) is 5.65. The van der Waals surface area contributed by atoms with Gasteiger partial charge in [-0.2, -0.15) is 9.41 Å². The molecule has 0 aliphatic carbocycles. The Kier molecular flexibility index (Phi) is 10.8. The summed E-state index contributed by atoms with van der Waals surface area (Å²) >= 11 is 18.1. The number of rotatable bonds is 12. The van der Waals surface area contributed by atoms with E-state index in [1.807, 2.05) is 30.3 Å². The van der Waals surface area contributed by atoms with Crippen molar-refractivity contribution < 1.29 is 22.7 Å². The fraction of sp³-hybridized carbons (Fsp3) is 0.133. The number of amides is 1. The molecule has 0 atom stereocenters. The lowest BCUT2D eigenvalue weighted by Crippen LogP contribution is -2.39. The summed E-state index contributed by atoms with van der Waals surface area (Å²) in [4.78, 5) is 12.8. The molecule has 0 aromatic heterocycles. The second kappa shape index (κ2) is 14.5. The zero-order valence-electron chi connectivity index (χ0n) is 22.3. The molecule has 218 valence electrons. The molecule has 42 heavy (non-hydrogen) atoms. The van der Waals surface area contributed by atoms with Crippen LogP contribution in [0.25, 0.3) is 0 Å². The molecule has 0 heterocycles. The number of carbonyl (C=O) groups is 1. The molecule has 1 amide bonds. The van der Waals surface area contributed by atoms with E-state index in [-0.39, 0.29) is 16.5 Å². The van der Waals surface area contributed by atoms with Crippen LogP contribution < -0.4 is 14.9 Å². The summed E-state index contributed by atoms with van der Waals surface area (Å²) in [6.45, 7) is -0.281. The van der Waals surface area contributed by atoms with E-state index < -0.39 is 22.5 Å². The lowest BCUT2D eigenvalue weighted by atomic mass is 10.2.